The number of benzene rings is 1. The van der Waals surface area contributed by atoms with Crippen molar-refractivity contribution in [2.45, 2.75) is 13.0 Å². The van der Waals surface area contributed by atoms with E-state index in [1.165, 1.54) is 6.07 Å². The van der Waals surface area contributed by atoms with Gasteiger partial charge in [0.05, 0.1) is 5.56 Å². The summed E-state index contributed by atoms with van der Waals surface area (Å²) >= 11 is 0. The van der Waals surface area contributed by atoms with Gasteiger partial charge in [0.25, 0.3) is 0 Å². The van der Waals surface area contributed by atoms with E-state index in [0.717, 1.165) is 30.8 Å². The molecule has 1 aliphatic rings. The molecule has 5 heteroatoms. The number of nitrogens with zero attached hydrogens (tertiary/aromatic N) is 2. The molecule has 0 bridgehead atoms. The van der Waals surface area contributed by atoms with E-state index in [0.29, 0.717) is 17.9 Å². The molecule has 0 atom stereocenters. The molecule has 0 saturated heterocycles. The molecular formula is C16H17FN4. The number of pyridine rings is 1. The van der Waals surface area contributed by atoms with Crippen LogP contribution in [0.5, 0.6) is 0 Å². The van der Waals surface area contributed by atoms with Crippen LogP contribution in [0.4, 0.5) is 10.1 Å². The Balaban J connectivity index is 1.85. The van der Waals surface area contributed by atoms with Crippen molar-refractivity contribution in [2.75, 3.05) is 18.4 Å². The maximum absolute atomic E-state index is 14.2. The first-order valence-electron chi connectivity index (χ1n) is 7.04. The molecule has 0 amide bonds. The van der Waals surface area contributed by atoms with E-state index in [4.69, 9.17) is 0 Å². The van der Waals surface area contributed by atoms with Crippen molar-refractivity contribution in [3.63, 3.8) is 0 Å². The van der Waals surface area contributed by atoms with Crippen LogP contribution in [0.1, 0.15) is 17.5 Å². The van der Waals surface area contributed by atoms with Crippen LogP contribution >= 0.6 is 0 Å². The van der Waals surface area contributed by atoms with Crippen molar-refractivity contribution < 1.29 is 4.39 Å². The van der Waals surface area contributed by atoms with E-state index in [9.17, 15) is 4.39 Å². The Hall–Kier alpha value is -2.43. The number of hydrogen-bond donors (Lipinski definition) is 2. The Kier molecular flexibility index (Phi) is 4.09. The predicted octanol–water partition coefficient (Wildman–Crippen LogP) is 2.57. The van der Waals surface area contributed by atoms with Crippen molar-refractivity contribution >= 4 is 11.5 Å². The highest BCUT2D eigenvalue weighted by atomic mass is 19.1. The van der Waals surface area contributed by atoms with Gasteiger partial charge in [0.2, 0.25) is 0 Å². The molecule has 2 heterocycles. The van der Waals surface area contributed by atoms with Crippen LogP contribution < -0.4 is 10.6 Å². The van der Waals surface area contributed by atoms with Gasteiger partial charge in [-0.1, -0.05) is 12.1 Å². The third-order valence-corrected chi connectivity index (χ3v) is 3.35. The monoisotopic (exact) mass is 284 g/mol. The van der Waals surface area contributed by atoms with Gasteiger partial charge < -0.3 is 10.6 Å². The quantitative estimate of drug-likeness (QED) is 0.907. The van der Waals surface area contributed by atoms with E-state index in [1.54, 1.807) is 18.5 Å². The lowest BCUT2D eigenvalue weighted by atomic mass is 10.1. The van der Waals surface area contributed by atoms with Crippen molar-refractivity contribution in [2.24, 2.45) is 4.99 Å². The zero-order valence-corrected chi connectivity index (χ0v) is 11.6. The lowest BCUT2D eigenvalue weighted by molar-refractivity contribution is 0.622. The van der Waals surface area contributed by atoms with Gasteiger partial charge in [0, 0.05) is 37.7 Å². The molecule has 3 rings (SSSR count). The maximum atomic E-state index is 14.2. The number of amidine groups is 1. The predicted molar refractivity (Wildman–Crippen MR) is 82.0 cm³/mol. The second kappa shape index (κ2) is 6.35. The Labute approximate surface area is 123 Å². The highest BCUT2D eigenvalue weighted by Gasteiger charge is 2.16. The van der Waals surface area contributed by atoms with Gasteiger partial charge in [-0.05, 0) is 30.2 Å². The largest absolute Gasteiger partial charge is 0.380 e. The Bertz CT molecular complexity index is 640. The number of rotatable bonds is 4. The van der Waals surface area contributed by atoms with Crippen molar-refractivity contribution in [1.82, 2.24) is 10.3 Å². The summed E-state index contributed by atoms with van der Waals surface area (Å²) < 4.78 is 14.2. The summed E-state index contributed by atoms with van der Waals surface area (Å²) in [5, 5.41) is 6.44. The number of hydrogen-bond acceptors (Lipinski definition) is 4. The SMILES string of the molecule is Fc1cccc(NCc2cccnc2)c1C1=NCCCN1. The van der Waals surface area contributed by atoms with Gasteiger partial charge in [-0.25, -0.2) is 4.39 Å². The van der Waals surface area contributed by atoms with Gasteiger partial charge in [-0.15, -0.1) is 0 Å². The Morgan fingerprint density at radius 3 is 2.95 bits per heavy atom. The summed E-state index contributed by atoms with van der Waals surface area (Å²) in [5.74, 6) is 0.368. The summed E-state index contributed by atoms with van der Waals surface area (Å²) in [4.78, 5) is 8.47. The van der Waals surface area contributed by atoms with E-state index < -0.39 is 0 Å². The van der Waals surface area contributed by atoms with Crippen LogP contribution in [0.25, 0.3) is 0 Å². The molecule has 0 aliphatic carbocycles. The first-order valence-corrected chi connectivity index (χ1v) is 7.04. The summed E-state index contributed by atoms with van der Waals surface area (Å²) in [6.45, 7) is 2.16. The minimum Gasteiger partial charge on any atom is -0.380 e. The first-order chi connectivity index (χ1) is 10.3. The number of halogens is 1. The zero-order chi connectivity index (χ0) is 14.5. The van der Waals surface area contributed by atoms with Crippen molar-refractivity contribution in [3.05, 3.63) is 59.7 Å². The molecular weight excluding hydrogens is 267 g/mol. The third-order valence-electron chi connectivity index (χ3n) is 3.35. The molecule has 108 valence electrons. The number of anilines is 1. The lowest BCUT2D eigenvalue weighted by Gasteiger charge is -2.19. The van der Waals surface area contributed by atoms with Crippen LogP contribution in [0.2, 0.25) is 0 Å². The van der Waals surface area contributed by atoms with Crippen molar-refractivity contribution in [3.8, 4) is 0 Å². The molecule has 1 aromatic carbocycles. The minimum atomic E-state index is -0.265. The van der Waals surface area contributed by atoms with Crippen LogP contribution in [-0.2, 0) is 6.54 Å². The number of aliphatic imine (C=N–C) groups is 1. The molecule has 2 N–H and O–H groups in total. The normalized spacial score (nSPS) is 14.2. The highest BCUT2D eigenvalue weighted by molar-refractivity contribution is 6.04. The Morgan fingerprint density at radius 2 is 2.19 bits per heavy atom. The standard InChI is InChI=1S/C16H17FN4/c17-13-5-1-6-14(15(13)16-19-8-3-9-20-16)21-11-12-4-2-7-18-10-12/h1-2,4-7,10,21H,3,8-9,11H2,(H,19,20). The summed E-state index contributed by atoms with van der Waals surface area (Å²) in [6, 6.07) is 8.90. The van der Waals surface area contributed by atoms with Gasteiger partial charge in [-0.2, -0.15) is 0 Å². The smallest absolute Gasteiger partial charge is 0.136 e. The van der Waals surface area contributed by atoms with Gasteiger partial charge in [0.1, 0.15) is 11.7 Å². The lowest BCUT2D eigenvalue weighted by Crippen LogP contribution is -2.31. The van der Waals surface area contributed by atoms with E-state index in [1.807, 2.05) is 18.2 Å². The van der Waals surface area contributed by atoms with Crippen LogP contribution in [0.3, 0.4) is 0 Å². The minimum absolute atomic E-state index is 0.265. The van der Waals surface area contributed by atoms with E-state index in [-0.39, 0.29) is 5.82 Å². The molecule has 0 unspecified atom stereocenters. The Morgan fingerprint density at radius 1 is 1.24 bits per heavy atom. The fourth-order valence-electron chi connectivity index (χ4n) is 2.31. The molecule has 0 fully saturated rings. The maximum Gasteiger partial charge on any atom is 0.136 e. The number of nitrogens with one attached hydrogen (secondary N) is 2. The summed E-state index contributed by atoms with van der Waals surface area (Å²) in [6.07, 6.45) is 4.51. The summed E-state index contributed by atoms with van der Waals surface area (Å²) in [7, 11) is 0. The average Bonchev–Trinajstić information content (AvgIpc) is 2.55. The van der Waals surface area contributed by atoms with Gasteiger partial charge in [-0.3, -0.25) is 9.98 Å². The van der Waals surface area contributed by atoms with Crippen LogP contribution in [0, 0.1) is 5.82 Å². The van der Waals surface area contributed by atoms with Gasteiger partial charge >= 0.3 is 0 Å². The van der Waals surface area contributed by atoms with Crippen LogP contribution in [-0.4, -0.2) is 23.9 Å². The zero-order valence-electron chi connectivity index (χ0n) is 11.6. The first kappa shape index (κ1) is 13.5. The van der Waals surface area contributed by atoms with Crippen LogP contribution in [0.15, 0.2) is 47.7 Å². The average molecular weight is 284 g/mol. The molecule has 4 nitrogen and oxygen atoms in total. The fourth-order valence-corrected chi connectivity index (χ4v) is 2.31. The van der Waals surface area contributed by atoms with Gasteiger partial charge in [0.15, 0.2) is 0 Å². The molecule has 1 aromatic heterocycles. The molecule has 21 heavy (non-hydrogen) atoms. The number of aromatic nitrogens is 1. The fraction of sp³-hybridized carbons (Fsp3) is 0.250. The van der Waals surface area contributed by atoms with E-state index in [2.05, 4.69) is 20.6 Å². The molecule has 0 saturated carbocycles. The third kappa shape index (κ3) is 3.18. The second-order valence-electron chi connectivity index (χ2n) is 4.89. The van der Waals surface area contributed by atoms with Crippen molar-refractivity contribution in [1.29, 1.82) is 0 Å². The molecule has 2 aromatic rings. The topological polar surface area (TPSA) is 49.3 Å². The summed E-state index contributed by atoms with van der Waals surface area (Å²) in [5.41, 5.74) is 2.30. The molecule has 0 radical (unpaired) electrons. The van der Waals surface area contributed by atoms with E-state index >= 15 is 0 Å². The highest BCUT2D eigenvalue weighted by Crippen LogP contribution is 2.21. The molecule has 1 aliphatic heterocycles. The molecule has 0 spiro atoms. The second-order valence-corrected chi connectivity index (χ2v) is 4.89.